The highest BCUT2D eigenvalue weighted by Crippen LogP contribution is 2.29. The lowest BCUT2D eigenvalue weighted by Gasteiger charge is -2.24. The number of hydrogen-bond acceptors (Lipinski definition) is 3. The molecule has 0 radical (unpaired) electrons. The van der Waals surface area contributed by atoms with Gasteiger partial charge in [-0.15, -0.1) is 0 Å². The fraction of sp³-hybridized carbons (Fsp3) is 0.222. The average molecular weight is 282 g/mol. The Balaban J connectivity index is 3.28. The van der Waals surface area contributed by atoms with E-state index in [1.54, 1.807) is 5.43 Å². The van der Waals surface area contributed by atoms with Gasteiger partial charge in [0.2, 0.25) is 5.91 Å². The molecule has 0 aliphatic heterocycles. The van der Waals surface area contributed by atoms with E-state index in [-0.39, 0.29) is 10.1 Å². The van der Waals surface area contributed by atoms with Gasteiger partial charge in [-0.1, -0.05) is 18.2 Å². The Bertz CT molecular complexity index is 528. The van der Waals surface area contributed by atoms with Crippen molar-refractivity contribution in [3.63, 3.8) is 0 Å². The van der Waals surface area contributed by atoms with Gasteiger partial charge in [0.15, 0.2) is 0 Å². The second-order valence-electron chi connectivity index (χ2n) is 3.22. The lowest BCUT2D eigenvalue weighted by Crippen LogP contribution is -2.50. The molecule has 9 heteroatoms. The van der Waals surface area contributed by atoms with E-state index in [1.165, 1.54) is 18.2 Å². The van der Waals surface area contributed by atoms with Crippen LogP contribution in [-0.2, 0) is 14.8 Å². The first-order valence-corrected chi connectivity index (χ1v) is 6.04. The Hall–Kier alpha value is -1.77. The SMILES string of the molecule is CC(=O)NN(c1ccccc1)S(=O)(=O)C(F)(F)F. The van der Waals surface area contributed by atoms with Crippen LogP contribution in [0.3, 0.4) is 0 Å². The normalized spacial score (nSPS) is 12.0. The second kappa shape index (κ2) is 4.84. The van der Waals surface area contributed by atoms with E-state index in [0.29, 0.717) is 0 Å². The minimum Gasteiger partial charge on any atom is -0.274 e. The highest BCUT2D eigenvalue weighted by Gasteiger charge is 2.51. The number of alkyl halides is 3. The fourth-order valence-corrected chi connectivity index (χ4v) is 1.93. The quantitative estimate of drug-likeness (QED) is 0.852. The summed E-state index contributed by atoms with van der Waals surface area (Å²) in [6, 6.07) is 6.43. The summed E-state index contributed by atoms with van der Waals surface area (Å²) in [5, 5.41) is 0. The largest absolute Gasteiger partial charge is 0.518 e. The molecule has 1 rings (SSSR count). The summed E-state index contributed by atoms with van der Waals surface area (Å²) in [7, 11) is -5.69. The Morgan fingerprint density at radius 1 is 1.22 bits per heavy atom. The van der Waals surface area contributed by atoms with E-state index in [0.717, 1.165) is 19.1 Å². The van der Waals surface area contributed by atoms with Gasteiger partial charge in [-0.25, -0.2) is 0 Å². The fourth-order valence-electron chi connectivity index (χ4n) is 1.07. The van der Waals surface area contributed by atoms with Gasteiger partial charge in [-0.05, 0) is 12.1 Å². The summed E-state index contributed by atoms with van der Waals surface area (Å²) in [5.41, 5.74) is -4.19. The molecule has 1 amide bonds. The maximum absolute atomic E-state index is 12.4. The smallest absolute Gasteiger partial charge is 0.274 e. The maximum Gasteiger partial charge on any atom is 0.518 e. The third-order valence-corrected chi connectivity index (χ3v) is 3.15. The molecule has 0 aliphatic rings. The Morgan fingerprint density at radius 3 is 2.11 bits per heavy atom. The van der Waals surface area contributed by atoms with Crippen LogP contribution in [0.25, 0.3) is 0 Å². The van der Waals surface area contributed by atoms with Gasteiger partial charge in [0.05, 0.1) is 5.69 Å². The van der Waals surface area contributed by atoms with E-state index >= 15 is 0 Å². The Morgan fingerprint density at radius 2 is 1.72 bits per heavy atom. The topological polar surface area (TPSA) is 66.5 Å². The molecule has 0 fully saturated rings. The van der Waals surface area contributed by atoms with Crippen LogP contribution in [0.15, 0.2) is 30.3 Å². The molecule has 0 spiro atoms. The summed E-state index contributed by atoms with van der Waals surface area (Å²) >= 11 is 0. The third-order valence-electron chi connectivity index (χ3n) is 1.78. The molecule has 0 heterocycles. The number of halogens is 3. The first-order chi connectivity index (χ1) is 8.16. The number of hydrazine groups is 1. The summed E-state index contributed by atoms with van der Waals surface area (Å²) in [5.74, 6) is -0.938. The zero-order chi connectivity index (χ0) is 14.0. The van der Waals surface area contributed by atoms with Crippen molar-refractivity contribution in [1.82, 2.24) is 5.43 Å². The zero-order valence-electron chi connectivity index (χ0n) is 9.10. The first-order valence-electron chi connectivity index (χ1n) is 4.60. The molecule has 5 nitrogen and oxygen atoms in total. The van der Waals surface area contributed by atoms with Crippen molar-refractivity contribution in [2.24, 2.45) is 0 Å². The van der Waals surface area contributed by atoms with Crippen molar-refractivity contribution in [3.8, 4) is 0 Å². The number of benzene rings is 1. The third kappa shape index (κ3) is 2.92. The molecule has 0 saturated heterocycles. The molecule has 1 aromatic rings. The standard InChI is InChI=1S/C9H9F3N2O3S/c1-7(15)13-14(8-5-3-2-4-6-8)18(16,17)9(10,11)12/h2-6H,1H3,(H,13,15). The molecule has 0 bridgehead atoms. The van der Waals surface area contributed by atoms with Crippen LogP contribution in [-0.4, -0.2) is 19.8 Å². The first kappa shape index (κ1) is 14.3. The number of nitrogens with one attached hydrogen (secondary N) is 1. The van der Waals surface area contributed by atoms with Crippen molar-refractivity contribution in [3.05, 3.63) is 30.3 Å². The lowest BCUT2D eigenvalue weighted by atomic mass is 10.3. The number of amides is 1. The molecule has 0 saturated carbocycles. The predicted octanol–water partition coefficient (Wildman–Crippen LogP) is 1.39. The van der Waals surface area contributed by atoms with Gasteiger partial charge in [0.1, 0.15) is 0 Å². The highest BCUT2D eigenvalue weighted by molar-refractivity contribution is 7.93. The number of hydrogen-bond donors (Lipinski definition) is 1. The molecule has 1 N–H and O–H groups in total. The number of sulfonamides is 1. The van der Waals surface area contributed by atoms with Gasteiger partial charge < -0.3 is 0 Å². The lowest BCUT2D eigenvalue weighted by molar-refractivity contribution is -0.118. The Kier molecular flexibility index (Phi) is 3.85. The average Bonchev–Trinajstić information content (AvgIpc) is 2.25. The van der Waals surface area contributed by atoms with E-state index in [4.69, 9.17) is 0 Å². The van der Waals surface area contributed by atoms with E-state index in [9.17, 15) is 26.4 Å². The Labute approximate surface area is 101 Å². The molecule has 0 aliphatic carbocycles. The molecule has 0 aromatic heterocycles. The van der Waals surface area contributed by atoms with Crippen LogP contribution in [0.2, 0.25) is 0 Å². The minimum atomic E-state index is -5.69. The van der Waals surface area contributed by atoms with Crippen molar-refractivity contribution in [1.29, 1.82) is 0 Å². The number of carbonyl (C=O) groups is 1. The van der Waals surface area contributed by atoms with Gasteiger partial charge in [0, 0.05) is 6.92 Å². The number of para-hydroxylation sites is 1. The van der Waals surface area contributed by atoms with Crippen LogP contribution in [0.1, 0.15) is 6.92 Å². The minimum absolute atomic E-state index is 0.199. The summed E-state index contributed by atoms with van der Waals surface area (Å²) in [6.45, 7) is 0.905. The van der Waals surface area contributed by atoms with Crippen molar-refractivity contribution < 1.29 is 26.4 Å². The summed E-state index contributed by atoms with van der Waals surface area (Å²) in [4.78, 5) is 10.8. The van der Waals surface area contributed by atoms with Crippen molar-refractivity contribution >= 4 is 21.6 Å². The highest BCUT2D eigenvalue weighted by atomic mass is 32.2. The van der Waals surface area contributed by atoms with Crippen LogP contribution >= 0.6 is 0 Å². The second-order valence-corrected chi connectivity index (χ2v) is 5.00. The molecule has 100 valence electrons. The molecule has 1 aromatic carbocycles. The number of carbonyl (C=O) groups excluding carboxylic acids is 1. The van der Waals surface area contributed by atoms with E-state index < -0.39 is 21.4 Å². The van der Waals surface area contributed by atoms with Crippen LogP contribution in [0.5, 0.6) is 0 Å². The van der Waals surface area contributed by atoms with Gasteiger partial charge >= 0.3 is 15.5 Å². The molecular formula is C9H9F3N2O3S. The van der Waals surface area contributed by atoms with Crippen LogP contribution < -0.4 is 9.84 Å². The van der Waals surface area contributed by atoms with Crippen molar-refractivity contribution in [2.45, 2.75) is 12.4 Å². The molecule has 0 unspecified atom stereocenters. The zero-order valence-corrected chi connectivity index (χ0v) is 9.92. The molecule has 18 heavy (non-hydrogen) atoms. The maximum atomic E-state index is 12.4. The predicted molar refractivity (Wildman–Crippen MR) is 57.7 cm³/mol. The number of anilines is 1. The van der Waals surface area contributed by atoms with Crippen LogP contribution in [0, 0.1) is 0 Å². The van der Waals surface area contributed by atoms with Gasteiger partial charge in [-0.3, -0.25) is 10.2 Å². The summed E-state index contributed by atoms with van der Waals surface area (Å²) in [6.07, 6.45) is 0. The molecular weight excluding hydrogens is 273 g/mol. The van der Waals surface area contributed by atoms with Gasteiger partial charge in [0.25, 0.3) is 0 Å². The van der Waals surface area contributed by atoms with Crippen LogP contribution in [0.4, 0.5) is 18.9 Å². The number of nitrogens with zero attached hydrogens (tertiary/aromatic N) is 1. The van der Waals surface area contributed by atoms with Gasteiger partial charge in [-0.2, -0.15) is 26.0 Å². The summed E-state index contributed by atoms with van der Waals surface area (Å²) < 4.78 is 59.7. The number of rotatable bonds is 3. The van der Waals surface area contributed by atoms with E-state index in [1.807, 2.05) is 0 Å². The van der Waals surface area contributed by atoms with Crippen molar-refractivity contribution in [2.75, 3.05) is 4.41 Å². The molecule has 0 atom stereocenters. The monoisotopic (exact) mass is 282 g/mol. The van der Waals surface area contributed by atoms with E-state index in [2.05, 4.69) is 0 Å².